The molecule has 0 amide bonds. The third kappa shape index (κ3) is 3.70. The fourth-order valence-corrected chi connectivity index (χ4v) is 3.03. The first-order chi connectivity index (χ1) is 11.8. The summed E-state index contributed by atoms with van der Waals surface area (Å²) in [7, 11) is 1.72. The van der Waals surface area contributed by atoms with E-state index in [9.17, 15) is 0 Å². The quantitative estimate of drug-likeness (QED) is 0.648. The number of hydrogen-bond donors (Lipinski definition) is 1. The molecule has 0 saturated carbocycles. The maximum absolute atomic E-state index is 5.78. The first-order valence-electron chi connectivity index (χ1n) is 7.82. The van der Waals surface area contributed by atoms with Crippen LogP contribution in [0.2, 0.25) is 0 Å². The summed E-state index contributed by atoms with van der Waals surface area (Å²) in [6.45, 7) is 0. The Morgan fingerprint density at radius 2 is 1.42 bits per heavy atom. The Morgan fingerprint density at radius 3 is 2.08 bits per heavy atom. The minimum absolute atomic E-state index is 0.155. The van der Waals surface area contributed by atoms with Gasteiger partial charge in [0.15, 0.2) is 0 Å². The fourth-order valence-electron chi connectivity index (χ4n) is 2.72. The van der Waals surface area contributed by atoms with Crippen LogP contribution in [0, 0.1) is 0 Å². The summed E-state index contributed by atoms with van der Waals surface area (Å²) < 4.78 is 5.78. The maximum Gasteiger partial charge on any atom is 0.111 e. The van der Waals surface area contributed by atoms with E-state index >= 15 is 0 Å². The van der Waals surface area contributed by atoms with E-state index in [1.165, 1.54) is 0 Å². The molecule has 0 aliphatic rings. The van der Waals surface area contributed by atoms with Crippen molar-refractivity contribution >= 4 is 22.9 Å². The molecule has 3 aromatic carbocycles. The van der Waals surface area contributed by atoms with E-state index in [1.807, 2.05) is 66.7 Å². The molecule has 0 saturated heterocycles. The van der Waals surface area contributed by atoms with Gasteiger partial charge in [-0.25, -0.2) is 0 Å². The zero-order valence-corrected chi connectivity index (χ0v) is 14.3. The number of benzene rings is 3. The molecule has 0 radical (unpaired) electrons. The van der Waals surface area contributed by atoms with Gasteiger partial charge in [0.05, 0.1) is 0 Å². The van der Waals surface area contributed by atoms with Gasteiger partial charge in [-0.2, -0.15) is 0 Å². The van der Waals surface area contributed by atoms with Crippen LogP contribution < -0.4 is 5.32 Å². The lowest BCUT2D eigenvalue weighted by Crippen LogP contribution is -2.16. The van der Waals surface area contributed by atoms with Crippen molar-refractivity contribution in [2.24, 2.45) is 0 Å². The summed E-state index contributed by atoms with van der Waals surface area (Å²) in [5, 5.41) is 3.30. The Labute approximate surface area is 148 Å². The number of para-hydroxylation sites is 1. The standard InChI is InChI=1S/C21H19NOS/c1-23-20(16-10-4-2-5-11-16)18-14-8-9-15-19(18)21(24)22-17-12-6-3-7-13-17/h2-15,20H,1H3,(H,22,24). The van der Waals surface area contributed by atoms with E-state index in [4.69, 9.17) is 17.0 Å². The van der Waals surface area contributed by atoms with Crippen LogP contribution in [0.4, 0.5) is 5.69 Å². The summed E-state index contributed by atoms with van der Waals surface area (Å²) in [5.41, 5.74) is 4.12. The third-order valence-electron chi connectivity index (χ3n) is 3.86. The van der Waals surface area contributed by atoms with Gasteiger partial charge in [-0.15, -0.1) is 0 Å². The van der Waals surface area contributed by atoms with Crippen LogP contribution in [0.25, 0.3) is 0 Å². The molecule has 3 aromatic rings. The highest BCUT2D eigenvalue weighted by Gasteiger charge is 2.18. The Kier molecular flexibility index (Phi) is 5.36. The lowest BCUT2D eigenvalue weighted by atomic mass is 9.96. The molecule has 2 nitrogen and oxygen atoms in total. The van der Waals surface area contributed by atoms with Crippen LogP contribution in [-0.4, -0.2) is 12.1 Å². The van der Waals surface area contributed by atoms with E-state index < -0.39 is 0 Å². The number of anilines is 1. The van der Waals surface area contributed by atoms with Gasteiger partial charge < -0.3 is 10.1 Å². The highest BCUT2D eigenvalue weighted by Crippen LogP contribution is 2.28. The van der Waals surface area contributed by atoms with Gasteiger partial charge in [0.2, 0.25) is 0 Å². The number of nitrogens with one attached hydrogen (secondary N) is 1. The van der Waals surface area contributed by atoms with Crippen LogP contribution in [0.5, 0.6) is 0 Å². The van der Waals surface area contributed by atoms with Crippen LogP contribution in [0.15, 0.2) is 84.9 Å². The van der Waals surface area contributed by atoms with E-state index in [0.717, 1.165) is 22.4 Å². The third-order valence-corrected chi connectivity index (χ3v) is 4.18. The topological polar surface area (TPSA) is 21.3 Å². The van der Waals surface area contributed by atoms with E-state index in [-0.39, 0.29) is 6.10 Å². The van der Waals surface area contributed by atoms with Crippen molar-refractivity contribution in [2.45, 2.75) is 6.10 Å². The molecule has 3 heteroatoms. The van der Waals surface area contributed by atoms with Crippen molar-refractivity contribution < 1.29 is 4.74 Å². The molecule has 0 aromatic heterocycles. The number of rotatable bonds is 5. The monoisotopic (exact) mass is 333 g/mol. The molecule has 120 valence electrons. The number of ether oxygens (including phenoxy) is 1. The molecule has 0 aliphatic heterocycles. The summed E-state index contributed by atoms with van der Waals surface area (Å²) in [6, 6.07) is 28.2. The first kappa shape index (κ1) is 16.4. The molecule has 0 aliphatic carbocycles. The zero-order valence-electron chi connectivity index (χ0n) is 13.5. The Bertz CT molecular complexity index is 802. The lowest BCUT2D eigenvalue weighted by Gasteiger charge is -2.20. The van der Waals surface area contributed by atoms with Gasteiger partial charge in [-0.1, -0.05) is 85.0 Å². The average Bonchev–Trinajstić information content (AvgIpc) is 2.64. The summed E-state index contributed by atoms with van der Waals surface area (Å²) in [5.74, 6) is 0. The average molecular weight is 333 g/mol. The van der Waals surface area contributed by atoms with Crippen LogP contribution >= 0.6 is 12.2 Å². The van der Waals surface area contributed by atoms with Gasteiger partial charge in [0.1, 0.15) is 11.1 Å². The fraction of sp³-hybridized carbons (Fsp3) is 0.0952. The molecule has 1 unspecified atom stereocenters. The predicted octanol–water partition coefficient (Wildman–Crippen LogP) is 5.21. The minimum atomic E-state index is -0.155. The van der Waals surface area contributed by atoms with Gasteiger partial charge >= 0.3 is 0 Å². The molecule has 1 N–H and O–H groups in total. The van der Waals surface area contributed by atoms with Crippen LogP contribution in [-0.2, 0) is 4.74 Å². The summed E-state index contributed by atoms with van der Waals surface area (Å²) >= 11 is 5.64. The lowest BCUT2D eigenvalue weighted by molar-refractivity contribution is 0.136. The smallest absolute Gasteiger partial charge is 0.111 e. The first-order valence-corrected chi connectivity index (χ1v) is 8.23. The van der Waals surface area contributed by atoms with E-state index in [2.05, 4.69) is 23.5 Å². The van der Waals surface area contributed by atoms with Crippen molar-refractivity contribution in [3.63, 3.8) is 0 Å². The SMILES string of the molecule is COC(c1ccccc1)c1ccccc1C(=S)Nc1ccccc1. The van der Waals surface area contributed by atoms with Crippen molar-refractivity contribution in [1.29, 1.82) is 0 Å². The second-order valence-electron chi connectivity index (χ2n) is 5.43. The number of thiocarbonyl (C=S) groups is 1. The van der Waals surface area contributed by atoms with Crippen molar-refractivity contribution in [3.8, 4) is 0 Å². The van der Waals surface area contributed by atoms with Gasteiger partial charge in [-0.3, -0.25) is 0 Å². The molecular formula is C21H19NOS. The highest BCUT2D eigenvalue weighted by molar-refractivity contribution is 7.81. The Morgan fingerprint density at radius 1 is 0.833 bits per heavy atom. The van der Waals surface area contributed by atoms with Crippen molar-refractivity contribution in [2.75, 3.05) is 12.4 Å². The minimum Gasteiger partial charge on any atom is -0.372 e. The second kappa shape index (κ2) is 7.86. The van der Waals surface area contributed by atoms with Crippen LogP contribution in [0.3, 0.4) is 0 Å². The van der Waals surface area contributed by atoms with E-state index in [1.54, 1.807) is 7.11 Å². The second-order valence-corrected chi connectivity index (χ2v) is 5.84. The normalized spacial score (nSPS) is 11.7. The predicted molar refractivity (Wildman–Crippen MR) is 104 cm³/mol. The summed E-state index contributed by atoms with van der Waals surface area (Å²) in [6.07, 6.45) is -0.155. The molecule has 3 rings (SSSR count). The molecule has 0 fully saturated rings. The molecule has 0 bridgehead atoms. The zero-order chi connectivity index (χ0) is 16.8. The molecule has 0 spiro atoms. The molecule has 0 heterocycles. The van der Waals surface area contributed by atoms with Crippen molar-refractivity contribution in [3.05, 3.63) is 102 Å². The highest BCUT2D eigenvalue weighted by atomic mass is 32.1. The van der Waals surface area contributed by atoms with Gasteiger partial charge in [-0.05, 0) is 23.3 Å². The number of methoxy groups -OCH3 is 1. The Hall–Kier alpha value is -2.49. The summed E-state index contributed by atoms with van der Waals surface area (Å²) in [4.78, 5) is 0.690. The molecular weight excluding hydrogens is 314 g/mol. The van der Waals surface area contributed by atoms with Crippen molar-refractivity contribution in [1.82, 2.24) is 0 Å². The number of hydrogen-bond acceptors (Lipinski definition) is 2. The van der Waals surface area contributed by atoms with Crippen LogP contribution in [0.1, 0.15) is 22.8 Å². The van der Waals surface area contributed by atoms with E-state index in [0.29, 0.717) is 4.99 Å². The molecule has 24 heavy (non-hydrogen) atoms. The largest absolute Gasteiger partial charge is 0.372 e. The van der Waals surface area contributed by atoms with Gasteiger partial charge in [0.25, 0.3) is 0 Å². The molecule has 1 atom stereocenters. The van der Waals surface area contributed by atoms with Gasteiger partial charge in [0, 0.05) is 18.4 Å². The Balaban J connectivity index is 1.94. The maximum atomic E-state index is 5.78.